The maximum absolute atomic E-state index is 2.35. The summed E-state index contributed by atoms with van der Waals surface area (Å²) in [6, 6.07) is 141. The SMILES string of the molecule is Cc1ccc(N(c2ccc(-c3ccc(C=Cc4ccc(N(c5ccccc5)c5ccccc5)cc4)cc3)cc2)c2cccc(-c3cccc(-c4ccc(N(c5ccccc5)c5ccc(-c6ccc(C=Cc7ccc(N(c8ccccc8)c8ccccc8)cc7)cc6)cc5)cc4)c3)c2)cc1. The molecule has 472 valence electrons. The molecule has 0 heterocycles. The first-order valence-corrected chi connectivity index (χ1v) is 33.8. The summed E-state index contributed by atoms with van der Waals surface area (Å²) in [4.78, 5) is 9.25. The van der Waals surface area contributed by atoms with Gasteiger partial charge in [-0.1, -0.05) is 273 Å². The molecule has 15 rings (SSSR count). The zero-order valence-electron chi connectivity index (χ0n) is 55.1. The van der Waals surface area contributed by atoms with Gasteiger partial charge in [0.05, 0.1) is 0 Å². The van der Waals surface area contributed by atoms with Crippen molar-refractivity contribution >= 4 is 92.6 Å². The van der Waals surface area contributed by atoms with Crippen LogP contribution in [0, 0.1) is 6.92 Å². The molecule has 15 aromatic carbocycles. The van der Waals surface area contributed by atoms with Crippen LogP contribution >= 0.6 is 0 Å². The van der Waals surface area contributed by atoms with E-state index in [1.165, 1.54) is 16.7 Å². The summed E-state index contributed by atoms with van der Waals surface area (Å²) < 4.78 is 0. The molecule has 4 nitrogen and oxygen atoms in total. The Labute approximate surface area is 582 Å². The first kappa shape index (κ1) is 62.1. The van der Waals surface area contributed by atoms with E-state index in [1.54, 1.807) is 0 Å². The number of hydrogen-bond donors (Lipinski definition) is 0. The summed E-state index contributed by atoms with van der Waals surface area (Å²) in [5.74, 6) is 0. The summed E-state index contributed by atoms with van der Waals surface area (Å²) in [7, 11) is 0. The zero-order valence-corrected chi connectivity index (χ0v) is 55.1. The van der Waals surface area contributed by atoms with E-state index in [-0.39, 0.29) is 0 Å². The Morgan fingerprint density at radius 3 is 0.646 bits per heavy atom. The molecule has 0 N–H and O–H groups in total. The third-order valence-corrected chi connectivity index (χ3v) is 18.1. The van der Waals surface area contributed by atoms with Gasteiger partial charge < -0.3 is 19.6 Å². The van der Waals surface area contributed by atoms with E-state index in [0.29, 0.717) is 0 Å². The highest BCUT2D eigenvalue weighted by atomic mass is 15.2. The van der Waals surface area contributed by atoms with Crippen molar-refractivity contribution in [3.8, 4) is 44.5 Å². The fraction of sp³-hybridized carbons (Fsp3) is 0.0105. The van der Waals surface area contributed by atoms with E-state index in [0.717, 1.165) is 124 Å². The largest absolute Gasteiger partial charge is 0.311 e. The molecule has 0 aliphatic heterocycles. The van der Waals surface area contributed by atoms with E-state index >= 15 is 0 Å². The minimum Gasteiger partial charge on any atom is -0.311 e. The monoisotopic (exact) mass is 1270 g/mol. The molecule has 0 fully saturated rings. The highest BCUT2D eigenvalue weighted by Crippen LogP contribution is 2.42. The van der Waals surface area contributed by atoms with Crippen molar-refractivity contribution in [2.45, 2.75) is 6.92 Å². The highest BCUT2D eigenvalue weighted by Gasteiger charge is 2.18. The topological polar surface area (TPSA) is 13.0 Å². The van der Waals surface area contributed by atoms with E-state index in [4.69, 9.17) is 0 Å². The van der Waals surface area contributed by atoms with Gasteiger partial charge in [0.2, 0.25) is 0 Å². The van der Waals surface area contributed by atoms with E-state index in [2.05, 4.69) is 445 Å². The van der Waals surface area contributed by atoms with Crippen LogP contribution in [0.5, 0.6) is 0 Å². The van der Waals surface area contributed by atoms with Gasteiger partial charge in [0.1, 0.15) is 0 Å². The van der Waals surface area contributed by atoms with Gasteiger partial charge in [0.15, 0.2) is 0 Å². The van der Waals surface area contributed by atoms with Gasteiger partial charge in [-0.25, -0.2) is 0 Å². The molecular weight excluding hydrogens is 1200 g/mol. The van der Waals surface area contributed by atoms with Crippen molar-refractivity contribution in [2.24, 2.45) is 0 Å². The van der Waals surface area contributed by atoms with Gasteiger partial charge in [-0.05, 0) is 225 Å². The molecule has 0 aliphatic rings. The molecule has 0 atom stereocenters. The lowest BCUT2D eigenvalue weighted by Gasteiger charge is -2.26. The Balaban J connectivity index is 0.617. The van der Waals surface area contributed by atoms with Gasteiger partial charge in [-0.15, -0.1) is 0 Å². The van der Waals surface area contributed by atoms with Gasteiger partial charge >= 0.3 is 0 Å². The molecule has 0 aliphatic carbocycles. The molecule has 0 aromatic heterocycles. The average molecular weight is 1270 g/mol. The first-order chi connectivity index (χ1) is 49.0. The average Bonchev–Trinajstić information content (AvgIpc) is 0.811. The lowest BCUT2D eigenvalue weighted by atomic mass is 9.98. The van der Waals surface area contributed by atoms with Crippen LogP contribution in [0.2, 0.25) is 0 Å². The van der Waals surface area contributed by atoms with Crippen molar-refractivity contribution < 1.29 is 0 Å². The highest BCUT2D eigenvalue weighted by molar-refractivity contribution is 5.86. The lowest BCUT2D eigenvalue weighted by molar-refractivity contribution is 1.27. The van der Waals surface area contributed by atoms with Crippen LogP contribution in [0.4, 0.5) is 68.2 Å². The predicted octanol–water partition coefficient (Wildman–Crippen LogP) is 26.9. The predicted molar refractivity (Wildman–Crippen MR) is 422 cm³/mol. The second-order valence-electron chi connectivity index (χ2n) is 24.7. The van der Waals surface area contributed by atoms with Crippen molar-refractivity contribution in [2.75, 3.05) is 19.6 Å². The van der Waals surface area contributed by atoms with Crippen molar-refractivity contribution in [1.29, 1.82) is 0 Å². The number of hydrogen-bond acceptors (Lipinski definition) is 4. The van der Waals surface area contributed by atoms with Crippen molar-refractivity contribution in [1.82, 2.24) is 0 Å². The van der Waals surface area contributed by atoms with Crippen LogP contribution < -0.4 is 19.6 Å². The fourth-order valence-electron chi connectivity index (χ4n) is 12.9. The van der Waals surface area contributed by atoms with E-state index in [1.807, 2.05) is 0 Å². The standard InChI is InChI=1S/C95H72N4/c1-71-33-57-89(58-34-71)99(94-65-53-79(54-66-94)77-49-41-73(42-50-77)36-38-75-45-61-91(62-46-75)97(86-26-11-4-12-27-86)87-28-13-5-14-29-87)95-32-18-21-83(70-95)82-20-17-19-81(69-82)80-55-67-93(68-56-80)98(88-30-15-6-16-31-88)92-63-51-78(52-64-92)76-47-39-72(40-48-76)35-37-74-43-59-90(60-44-74)96(84-22-7-2-8-23-84)85-24-9-3-10-25-85/h2-70H,1H3. The van der Waals surface area contributed by atoms with Crippen LogP contribution in [-0.2, 0) is 0 Å². The lowest BCUT2D eigenvalue weighted by Crippen LogP contribution is -2.10. The third-order valence-electron chi connectivity index (χ3n) is 18.1. The molecule has 0 saturated carbocycles. The molecular formula is C95H72N4. The van der Waals surface area contributed by atoms with Crippen LogP contribution in [0.25, 0.3) is 68.8 Å². The summed E-state index contributed by atoms with van der Waals surface area (Å²) in [5.41, 5.74) is 28.3. The molecule has 4 heteroatoms. The molecule has 0 spiro atoms. The number of benzene rings is 15. The Bertz CT molecular complexity index is 5080. The molecule has 0 bridgehead atoms. The smallest absolute Gasteiger partial charge is 0.0467 e. The number of para-hydroxylation sites is 5. The normalized spacial score (nSPS) is 11.2. The summed E-state index contributed by atoms with van der Waals surface area (Å²) in [6.45, 7) is 2.14. The first-order valence-electron chi connectivity index (χ1n) is 33.8. The molecule has 99 heavy (non-hydrogen) atoms. The van der Waals surface area contributed by atoms with Gasteiger partial charge in [0, 0.05) is 68.2 Å². The molecule has 0 amide bonds. The van der Waals surface area contributed by atoms with Crippen LogP contribution in [-0.4, -0.2) is 0 Å². The van der Waals surface area contributed by atoms with E-state index < -0.39 is 0 Å². The number of anilines is 12. The quantitative estimate of drug-likeness (QED) is 0.0705. The molecule has 0 unspecified atom stereocenters. The maximum Gasteiger partial charge on any atom is 0.0467 e. The van der Waals surface area contributed by atoms with Crippen LogP contribution in [0.3, 0.4) is 0 Å². The Morgan fingerprint density at radius 2 is 0.343 bits per heavy atom. The summed E-state index contributed by atoms with van der Waals surface area (Å²) >= 11 is 0. The van der Waals surface area contributed by atoms with Gasteiger partial charge in [-0.3, -0.25) is 0 Å². The fourth-order valence-corrected chi connectivity index (χ4v) is 12.9. The summed E-state index contributed by atoms with van der Waals surface area (Å²) in [6.07, 6.45) is 8.73. The minimum absolute atomic E-state index is 1.08. The third kappa shape index (κ3) is 14.5. The number of rotatable bonds is 20. The zero-order chi connectivity index (χ0) is 66.5. The Morgan fingerprint density at radius 1 is 0.152 bits per heavy atom. The Hall–Kier alpha value is -13.0. The van der Waals surface area contributed by atoms with Crippen LogP contribution in [0.15, 0.2) is 394 Å². The number of nitrogens with zero attached hydrogens (tertiary/aromatic N) is 4. The summed E-state index contributed by atoms with van der Waals surface area (Å²) in [5, 5.41) is 0. The Kier molecular flexibility index (Phi) is 18.4. The van der Waals surface area contributed by atoms with Crippen molar-refractivity contribution in [3.05, 3.63) is 422 Å². The van der Waals surface area contributed by atoms with Crippen LogP contribution in [0.1, 0.15) is 27.8 Å². The minimum atomic E-state index is 1.08. The van der Waals surface area contributed by atoms with Gasteiger partial charge in [0.25, 0.3) is 0 Å². The number of aryl methyl sites for hydroxylation is 1. The van der Waals surface area contributed by atoms with Gasteiger partial charge in [-0.2, -0.15) is 0 Å². The second kappa shape index (κ2) is 29.3. The van der Waals surface area contributed by atoms with Crippen molar-refractivity contribution in [3.63, 3.8) is 0 Å². The molecule has 0 radical (unpaired) electrons. The molecule has 0 saturated heterocycles. The second-order valence-corrected chi connectivity index (χ2v) is 24.7. The van der Waals surface area contributed by atoms with E-state index in [9.17, 15) is 0 Å². The molecule has 15 aromatic rings. The maximum atomic E-state index is 2.35.